The number of nitrogens with zero attached hydrogens (tertiary/aromatic N) is 2. The molecule has 23 heavy (non-hydrogen) atoms. The van der Waals surface area contributed by atoms with E-state index in [1.165, 1.54) is 6.07 Å². The lowest BCUT2D eigenvalue weighted by Crippen LogP contribution is -2.12. The predicted molar refractivity (Wildman–Crippen MR) is 93.2 cm³/mol. The van der Waals surface area contributed by atoms with E-state index in [4.69, 9.17) is 11.6 Å². The fourth-order valence-corrected chi connectivity index (χ4v) is 4.90. The minimum absolute atomic E-state index is 0.175. The van der Waals surface area contributed by atoms with Gasteiger partial charge in [0.1, 0.15) is 4.21 Å². The third-order valence-electron chi connectivity index (χ3n) is 3.34. The summed E-state index contributed by atoms with van der Waals surface area (Å²) >= 11 is 6.84. The van der Waals surface area contributed by atoms with Crippen molar-refractivity contribution in [1.29, 1.82) is 0 Å². The van der Waals surface area contributed by atoms with Crippen LogP contribution < -0.4 is 4.72 Å². The van der Waals surface area contributed by atoms with Crippen molar-refractivity contribution in [2.75, 3.05) is 4.72 Å². The zero-order chi connectivity index (χ0) is 16.6. The Hall–Kier alpha value is -1.83. The average molecular weight is 368 g/mol. The molecule has 2 aromatic heterocycles. The van der Waals surface area contributed by atoms with Crippen LogP contribution in [0.2, 0.25) is 4.34 Å². The Morgan fingerprint density at radius 3 is 2.43 bits per heavy atom. The molecule has 0 aliphatic rings. The minimum atomic E-state index is -3.68. The average Bonchev–Trinajstić information content (AvgIpc) is 3.07. The molecule has 3 aromatic rings. The second-order valence-electron chi connectivity index (χ2n) is 4.96. The zero-order valence-corrected chi connectivity index (χ0v) is 14.8. The number of rotatable bonds is 4. The Balaban J connectivity index is 2.00. The number of anilines is 1. The molecule has 0 aliphatic heterocycles. The molecule has 0 saturated heterocycles. The van der Waals surface area contributed by atoms with Crippen LogP contribution in [0.4, 0.5) is 5.69 Å². The second kappa shape index (κ2) is 5.99. The molecular weight excluding hydrogens is 354 g/mol. The summed E-state index contributed by atoms with van der Waals surface area (Å²) < 4.78 is 29.9. The lowest BCUT2D eigenvalue weighted by molar-refractivity contribution is 0.603. The lowest BCUT2D eigenvalue weighted by Gasteiger charge is -2.07. The maximum Gasteiger partial charge on any atom is 0.271 e. The van der Waals surface area contributed by atoms with Crippen LogP contribution >= 0.6 is 22.9 Å². The van der Waals surface area contributed by atoms with Crippen LogP contribution in [0, 0.1) is 13.8 Å². The van der Waals surface area contributed by atoms with Gasteiger partial charge in [0, 0.05) is 0 Å². The van der Waals surface area contributed by atoms with Gasteiger partial charge in [-0.25, -0.2) is 13.1 Å². The van der Waals surface area contributed by atoms with Crippen LogP contribution in [-0.4, -0.2) is 18.2 Å². The molecule has 8 heteroatoms. The van der Waals surface area contributed by atoms with Crippen LogP contribution in [0.5, 0.6) is 0 Å². The number of aromatic nitrogens is 2. The van der Waals surface area contributed by atoms with E-state index in [0.717, 1.165) is 22.7 Å². The highest BCUT2D eigenvalue weighted by Gasteiger charge is 2.21. The molecule has 0 radical (unpaired) electrons. The first-order chi connectivity index (χ1) is 10.9. The summed E-state index contributed by atoms with van der Waals surface area (Å²) in [6.07, 6.45) is 0. The first kappa shape index (κ1) is 16.0. The summed E-state index contributed by atoms with van der Waals surface area (Å²) in [6.45, 7) is 3.60. The van der Waals surface area contributed by atoms with Gasteiger partial charge in [0.2, 0.25) is 0 Å². The maximum atomic E-state index is 12.5. The van der Waals surface area contributed by atoms with E-state index in [1.807, 2.05) is 37.3 Å². The smallest absolute Gasteiger partial charge is 0.271 e. The lowest BCUT2D eigenvalue weighted by atomic mass is 10.3. The Kier molecular flexibility index (Phi) is 4.18. The molecule has 1 N–H and O–H groups in total. The standard InChI is InChI=1S/C15H14ClN3O2S2/c1-10-15(18-23(20,21)14-9-8-13(16)22-14)11(2)19(17-10)12-6-4-3-5-7-12/h3-9,18H,1-2H3. The first-order valence-corrected chi connectivity index (χ1v) is 9.46. The van der Waals surface area contributed by atoms with Crippen molar-refractivity contribution >= 4 is 38.6 Å². The normalized spacial score (nSPS) is 11.6. The summed E-state index contributed by atoms with van der Waals surface area (Å²) in [5, 5.41) is 4.43. The topological polar surface area (TPSA) is 64.0 Å². The molecule has 0 unspecified atom stereocenters. The Bertz CT molecular complexity index is 947. The van der Waals surface area contributed by atoms with Gasteiger partial charge >= 0.3 is 0 Å². The number of thiophene rings is 1. The first-order valence-electron chi connectivity index (χ1n) is 6.78. The zero-order valence-electron chi connectivity index (χ0n) is 12.4. The Morgan fingerprint density at radius 2 is 1.83 bits per heavy atom. The van der Waals surface area contributed by atoms with Gasteiger partial charge in [-0.1, -0.05) is 29.8 Å². The van der Waals surface area contributed by atoms with Crippen LogP contribution in [0.25, 0.3) is 5.69 Å². The van der Waals surface area contributed by atoms with Gasteiger partial charge in [-0.3, -0.25) is 4.72 Å². The SMILES string of the molecule is Cc1nn(-c2ccccc2)c(C)c1NS(=O)(=O)c1ccc(Cl)s1. The van der Waals surface area contributed by atoms with Crippen molar-refractivity contribution in [2.45, 2.75) is 18.1 Å². The minimum Gasteiger partial charge on any atom is -0.275 e. The van der Waals surface area contributed by atoms with E-state index < -0.39 is 10.0 Å². The molecule has 0 amide bonds. The Morgan fingerprint density at radius 1 is 1.13 bits per heavy atom. The maximum absolute atomic E-state index is 12.5. The van der Waals surface area contributed by atoms with Gasteiger partial charge in [0.15, 0.2) is 0 Å². The number of nitrogens with one attached hydrogen (secondary N) is 1. The molecule has 0 atom stereocenters. The number of hydrogen-bond donors (Lipinski definition) is 1. The van der Waals surface area contributed by atoms with Crippen molar-refractivity contribution in [2.24, 2.45) is 0 Å². The number of benzene rings is 1. The number of para-hydroxylation sites is 1. The third-order valence-corrected chi connectivity index (χ3v) is 6.41. The fraction of sp³-hybridized carbons (Fsp3) is 0.133. The van der Waals surface area contributed by atoms with Gasteiger partial charge in [-0.15, -0.1) is 11.3 Å². The van der Waals surface area contributed by atoms with E-state index in [-0.39, 0.29) is 4.21 Å². The molecule has 0 spiro atoms. The van der Waals surface area contributed by atoms with Gasteiger partial charge < -0.3 is 0 Å². The molecule has 2 heterocycles. The molecule has 5 nitrogen and oxygen atoms in total. The highest BCUT2D eigenvalue weighted by molar-refractivity contribution is 7.94. The highest BCUT2D eigenvalue weighted by Crippen LogP contribution is 2.30. The number of aryl methyl sites for hydroxylation is 1. The molecule has 1 aromatic carbocycles. The van der Waals surface area contributed by atoms with Crippen LogP contribution in [0.15, 0.2) is 46.7 Å². The summed E-state index contributed by atoms with van der Waals surface area (Å²) in [5.74, 6) is 0. The highest BCUT2D eigenvalue weighted by atomic mass is 35.5. The fourth-order valence-electron chi connectivity index (χ4n) is 2.24. The van der Waals surface area contributed by atoms with Crippen LogP contribution in [0.1, 0.15) is 11.4 Å². The largest absolute Gasteiger partial charge is 0.275 e. The van der Waals surface area contributed by atoms with Crippen molar-refractivity contribution in [1.82, 2.24) is 9.78 Å². The molecule has 0 aliphatic carbocycles. The van der Waals surface area contributed by atoms with E-state index >= 15 is 0 Å². The van der Waals surface area contributed by atoms with Gasteiger partial charge in [0.25, 0.3) is 10.0 Å². The number of halogens is 1. The molecule has 0 bridgehead atoms. The van der Waals surface area contributed by atoms with E-state index in [1.54, 1.807) is 17.7 Å². The third kappa shape index (κ3) is 3.12. The van der Waals surface area contributed by atoms with Crippen molar-refractivity contribution in [3.05, 3.63) is 58.2 Å². The number of sulfonamides is 1. The predicted octanol–water partition coefficient (Wildman–Crippen LogP) is 4.00. The molecule has 0 fully saturated rings. The van der Waals surface area contributed by atoms with Crippen LogP contribution in [0.3, 0.4) is 0 Å². The van der Waals surface area contributed by atoms with Gasteiger partial charge in [-0.05, 0) is 38.1 Å². The van der Waals surface area contributed by atoms with E-state index in [9.17, 15) is 8.42 Å². The van der Waals surface area contributed by atoms with Gasteiger partial charge in [-0.2, -0.15) is 5.10 Å². The van der Waals surface area contributed by atoms with Crippen molar-refractivity contribution in [3.8, 4) is 5.69 Å². The van der Waals surface area contributed by atoms with Gasteiger partial charge in [0.05, 0.1) is 27.1 Å². The second-order valence-corrected chi connectivity index (χ2v) is 8.58. The monoisotopic (exact) mass is 367 g/mol. The summed E-state index contributed by atoms with van der Waals surface area (Å²) in [6, 6.07) is 12.6. The molecule has 3 rings (SSSR count). The number of hydrogen-bond acceptors (Lipinski definition) is 4. The van der Waals surface area contributed by atoms with Crippen molar-refractivity contribution < 1.29 is 8.42 Å². The quantitative estimate of drug-likeness (QED) is 0.757. The summed E-state index contributed by atoms with van der Waals surface area (Å²) in [5.41, 5.74) is 2.69. The van der Waals surface area contributed by atoms with Crippen LogP contribution in [-0.2, 0) is 10.0 Å². The van der Waals surface area contributed by atoms with Crippen molar-refractivity contribution in [3.63, 3.8) is 0 Å². The molecule has 0 saturated carbocycles. The van der Waals surface area contributed by atoms with E-state index in [0.29, 0.717) is 15.7 Å². The summed E-state index contributed by atoms with van der Waals surface area (Å²) in [4.78, 5) is 0. The molecular formula is C15H14ClN3O2S2. The summed E-state index contributed by atoms with van der Waals surface area (Å²) in [7, 11) is -3.68. The molecule has 120 valence electrons. The Labute approximate surface area is 143 Å². The van der Waals surface area contributed by atoms with E-state index in [2.05, 4.69) is 9.82 Å².